The Bertz CT molecular complexity index is 887. The molecule has 2 aliphatic rings. The van der Waals surface area contributed by atoms with E-state index >= 15 is 0 Å². The van der Waals surface area contributed by atoms with Gasteiger partial charge in [0.2, 0.25) is 0 Å². The third kappa shape index (κ3) is 4.84. The maximum atomic E-state index is 12.6. The summed E-state index contributed by atoms with van der Waals surface area (Å²) in [6.07, 6.45) is 6.59. The summed E-state index contributed by atoms with van der Waals surface area (Å²) >= 11 is 0. The zero-order valence-electron chi connectivity index (χ0n) is 17.6. The summed E-state index contributed by atoms with van der Waals surface area (Å²) in [7, 11) is 0. The fraction of sp³-hybridized carbons (Fsp3) is 0.440. The van der Waals surface area contributed by atoms with Crippen LogP contribution in [-0.4, -0.2) is 18.3 Å². The molecule has 2 aromatic rings. The van der Waals surface area contributed by atoms with Crippen LogP contribution in [0.4, 0.5) is 0 Å². The van der Waals surface area contributed by atoms with Gasteiger partial charge in [0.15, 0.2) is 0 Å². The average molecular weight is 408 g/mol. The Morgan fingerprint density at radius 2 is 1.80 bits per heavy atom. The predicted octanol–water partition coefficient (Wildman–Crippen LogP) is 5.74. The van der Waals surface area contributed by atoms with Gasteiger partial charge in [-0.2, -0.15) is 0 Å². The lowest BCUT2D eigenvalue weighted by atomic mass is 10.1. The number of para-hydroxylation sites is 1. The van der Waals surface area contributed by atoms with Gasteiger partial charge < -0.3 is 14.3 Å². The average Bonchev–Trinajstić information content (AvgIpc) is 3.07. The fourth-order valence-electron chi connectivity index (χ4n) is 4.15. The molecule has 0 bridgehead atoms. The van der Waals surface area contributed by atoms with Crippen molar-refractivity contribution in [1.29, 1.82) is 0 Å². The van der Waals surface area contributed by atoms with Crippen LogP contribution in [0.2, 0.25) is 0 Å². The van der Waals surface area contributed by atoms with E-state index in [1.807, 2.05) is 54.6 Å². The Labute approximate surface area is 178 Å². The maximum absolute atomic E-state index is 12.6. The number of carbonyl (C=O) groups excluding carboxylic acids is 1. The van der Waals surface area contributed by atoms with E-state index in [1.54, 1.807) is 6.21 Å². The largest absolute Gasteiger partial charge is 0.461 e. The number of nitrogens with zero attached hydrogens (tertiary/aromatic N) is 1. The van der Waals surface area contributed by atoms with Crippen LogP contribution in [0.15, 0.2) is 59.8 Å². The summed E-state index contributed by atoms with van der Waals surface area (Å²) in [5.74, 6) is 1.17. The monoisotopic (exact) mass is 407 g/mol. The zero-order valence-corrected chi connectivity index (χ0v) is 17.6. The van der Waals surface area contributed by atoms with Crippen LogP contribution in [0.1, 0.15) is 45.1 Å². The number of carbonyl (C=O) groups is 1. The second-order valence-electron chi connectivity index (χ2n) is 8.76. The Kier molecular flexibility index (Phi) is 6.07. The standard InChI is InChI=1S/C25H29NO4/c1-25(2)22(16-26-30-20-12-6-7-13-20)23(25)24(27)28-17-18-9-8-14-21(15-18)29-19-10-4-3-5-11-19/h3-5,8-11,14-16,20,22-23H,6-7,12-13,17H2,1-2H3/t22-,23-/m0/s1. The molecule has 2 aliphatic carbocycles. The van der Waals surface area contributed by atoms with Crippen LogP contribution >= 0.6 is 0 Å². The molecule has 2 aromatic carbocycles. The molecular formula is C25H29NO4. The highest BCUT2D eigenvalue weighted by molar-refractivity contribution is 5.85. The summed E-state index contributed by atoms with van der Waals surface area (Å²) < 4.78 is 11.5. The smallest absolute Gasteiger partial charge is 0.310 e. The quantitative estimate of drug-likeness (QED) is 0.318. The van der Waals surface area contributed by atoms with Crippen molar-refractivity contribution >= 4 is 12.2 Å². The molecule has 5 heteroatoms. The normalized spacial score (nSPS) is 22.7. The Morgan fingerprint density at radius 3 is 2.57 bits per heavy atom. The topological polar surface area (TPSA) is 57.1 Å². The Morgan fingerprint density at radius 1 is 1.07 bits per heavy atom. The highest BCUT2D eigenvalue weighted by Crippen LogP contribution is 2.57. The number of ether oxygens (including phenoxy) is 2. The van der Waals surface area contributed by atoms with E-state index in [1.165, 1.54) is 12.8 Å². The molecule has 0 saturated heterocycles. The van der Waals surface area contributed by atoms with Gasteiger partial charge >= 0.3 is 5.97 Å². The van der Waals surface area contributed by atoms with Crippen LogP contribution in [0.25, 0.3) is 0 Å². The van der Waals surface area contributed by atoms with Crippen molar-refractivity contribution in [3.63, 3.8) is 0 Å². The molecule has 0 aromatic heterocycles. The molecule has 0 radical (unpaired) electrons. The molecule has 0 unspecified atom stereocenters. The predicted molar refractivity (Wildman–Crippen MR) is 115 cm³/mol. The highest BCUT2D eigenvalue weighted by atomic mass is 16.6. The first-order valence-corrected chi connectivity index (χ1v) is 10.7. The number of esters is 1. The fourth-order valence-corrected chi connectivity index (χ4v) is 4.15. The van der Waals surface area contributed by atoms with Crippen molar-refractivity contribution in [2.45, 2.75) is 52.2 Å². The summed E-state index contributed by atoms with van der Waals surface area (Å²) in [6.45, 7) is 4.36. The van der Waals surface area contributed by atoms with E-state index in [4.69, 9.17) is 14.3 Å². The van der Waals surface area contributed by atoms with Gasteiger partial charge in [-0.25, -0.2) is 0 Å². The molecule has 2 saturated carbocycles. The van der Waals surface area contributed by atoms with Crippen LogP contribution in [0.3, 0.4) is 0 Å². The van der Waals surface area contributed by atoms with E-state index < -0.39 is 0 Å². The first kappa shape index (κ1) is 20.5. The first-order chi connectivity index (χ1) is 14.5. The summed E-state index contributed by atoms with van der Waals surface area (Å²) in [5.41, 5.74) is 0.739. The first-order valence-electron chi connectivity index (χ1n) is 10.7. The minimum Gasteiger partial charge on any atom is -0.461 e. The van der Waals surface area contributed by atoms with Gasteiger partial charge in [0.1, 0.15) is 24.2 Å². The van der Waals surface area contributed by atoms with E-state index in [9.17, 15) is 4.79 Å². The van der Waals surface area contributed by atoms with Gasteiger partial charge in [-0.1, -0.05) is 49.3 Å². The second-order valence-corrected chi connectivity index (χ2v) is 8.76. The van der Waals surface area contributed by atoms with E-state index in [-0.39, 0.29) is 35.9 Å². The van der Waals surface area contributed by atoms with Crippen LogP contribution in [0.5, 0.6) is 11.5 Å². The number of rotatable bonds is 8. The van der Waals surface area contributed by atoms with Crippen molar-refractivity contribution in [3.8, 4) is 11.5 Å². The van der Waals surface area contributed by atoms with Gasteiger partial charge in [-0.05, 0) is 60.9 Å². The third-order valence-corrected chi connectivity index (χ3v) is 6.16. The van der Waals surface area contributed by atoms with Gasteiger partial charge in [0, 0.05) is 12.1 Å². The van der Waals surface area contributed by atoms with Crippen molar-refractivity contribution in [1.82, 2.24) is 0 Å². The minimum atomic E-state index is -0.188. The van der Waals surface area contributed by atoms with E-state index in [2.05, 4.69) is 19.0 Å². The lowest BCUT2D eigenvalue weighted by Crippen LogP contribution is -2.11. The van der Waals surface area contributed by atoms with Crippen LogP contribution < -0.4 is 4.74 Å². The van der Waals surface area contributed by atoms with Crippen molar-refractivity contribution in [2.24, 2.45) is 22.4 Å². The molecule has 4 rings (SSSR count). The number of hydrogen-bond acceptors (Lipinski definition) is 5. The SMILES string of the molecule is CC1(C)[C@H](C(=O)OCc2cccc(Oc3ccccc3)c2)[C@@H]1C=NOC1CCCC1. The van der Waals surface area contributed by atoms with Crippen molar-refractivity contribution in [3.05, 3.63) is 60.2 Å². The summed E-state index contributed by atoms with van der Waals surface area (Å²) in [6, 6.07) is 17.2. The van der Waals surface area contributed by atoms with Gasteiger partial charge in [0.25, 0.3) is 0 Å². The molecule has 0 aliphatic heterocycles. The van der Waals surface area contributed by atoms with Crippen molar-refractivity contribution < 1.29 is 19.1 Å². The van der Waals surface area contributed by atoms with Gasteiger partial charge in [-0.3, -0.25) is 4.79 Å². The number of benzene rings is 2. The third-order valence-electron chi connectivity index (χ3n) is 6.16. The molecule has 5 nitrogen and oxygen atoms in total. The Hall–Kier alpha value is -2.82. The number of oxime groups is 1. The molecule has 0 heterocycles. The van der Waals surface area contributed by atoms with Gasteiger partial charge in [-0.15, -0.1) is 0 Å². The minimum absolute atomic E-state index is 0.0548. The zero-order chi connectivity index (χ0) is 21.0. The molecule has 30 heavy (non-hydrogen) atoms. The highest BCUT2D eigenvalue weighted by Gasteiger charge is 2.62. The summed E-state index contributed by atoms with van der Waals surface area (Å²) in [5, 5.41) is 4.16. The van der Waals surface area contributed by atoms with Crippen LogP contribution in [0, 0.1) is 17.3 Å². The van der Waals surface area contributed by atoms with Gasteiger partial charge in [0.05, 0.1) is 5.92 Å². The Balaban J connectivity index is 1.29. The second kappa shape index (κ2) is 8.90. The van der Waals surface area contributed by atoms with E-state index in [0.29, 0.717) is 0 Å². The molecule has 158 valence electrons. The molecule has 2 fully saturated rings. The lowest BCUT2D eigenvalue weighted by molar-refractivity contribution is -0.147. The maximum Gasteiger partial charge on any atom is 0.310 e. The van der Waals surface area contributed by atoms with E-state index in [0.717, 1.165) is 29.9 Å². The van der Waals surface area contributed by atoms with Crippen LogP contribution in [-0.2, 0) is 21.0 Å². The molecule has 0 spiro atoms. The van der Waals surface area contributed by atoms with Crippen molar-refractivity contribution in [2.75, 3.05) is 0 Å². The molecule has 0 N–H and O–H groups in total. The molecule has 2 atom stereocenters. The number of hydrogen-bond donors (Lipinski definition) is 0. The lowest BCUT2D eigenvalue weighted by Gasteiger charge is -2.09. The molecule has 0 amide bonds. The molecular weight excluding hydrogens is 378 g/mol. The summed E-state index contributed by atoms with van der Waals surface area (Å²) in [4.78, 5) is 18.2.